The molecule has 3 N–H and O–H groups in total. The van der Waals surface area contributed by atoms with E-state index in [-0.39, 0.29) is 31.4 Å². The van der Waals surface area contributed by atoms with Crippen molar-refractivity contribution >= 4 is 34.4 Å². The summed E-state index contributed by atoms with van der Waals surface area (Å²) in [7, 11) is 1.58. The number of amides is 2. The van der Waals surface area contributed by atoms with Crippen LogP contribution in [-0.4, -0.2) is 78.6 Å². The molecule has 0 aromatic heterocycles. The first kappa shape index (κ1) is 33.5. The maximum Gasteiger partial charge on any atom is 0.247 e. The molecule has 9 heteroatoms. The van der Waals surface area contributed by atoms with Crippen molar-refractivity contribution in [2.24, 2.45) is 0 Å². The number of methoxy groups -OCH3 is 1. The Labute approximate surface area is 247 Å². The van der Waals surface area contributed by atoms with Crippen LogP contribution in [0.5, 0.6) is 5.75 Å². The van der Waals surface area contributed by atoms with Crippen LogP contribution < -0.4 is 10.1 Å². The summed E-state index contributed by atoms with van der Waals surface area (Å²) in [5, 5.41) is 23.3. The van der Waals surface area contributed by atoms with E-state index >= 15 is 0 Å². The Kier molecular flexibility index (Phi) is 16.7. The van der Waals surface area contributed by atoms with Crippen molar-refractivity contribution in [3.05, 3.63) is 39.5 Å². The van der Waals surface area contributed by atoms with E-state index in [1.165, 1.54) is 38.5 Å². The summed E-state index contributed by atoms with van der Waals surface area (Å²) in [5.41, 5.74) is 0.424. The van der Waals surface area contributed by atoms with Gasteiger partial charge in [0.1, 0.15) is 18.0 Å². The van der Waals surface area contributed by atoms with Gasteiger partial charge in [-0.2, -0.15) is 0 Å². The normalized spacial score (nSPS) is 18.9. The molecule has 0 radical (unpaired) electrons. The number of unbranched alkanes of at least 4 members (excludes halogenated alkanes) is 8. The quantitative estimate of drug-likeness (QED) is 0.148. The molecular formula is C30H47IN2O6. The lowest BCUT2D eigenvalue weighted by atomic mass is 9.88. The van der Waals surface area contributed by atoms with Crippen LogP contribution >= 0.6 is 22.6 Å². The topological polar surface area (TPSA) is 108 Å². The fraction of sp³-hybridized carbons (Fsp3) is 0.667. The Morgan fingerprint density at radius 3 is 2.38 bits per heavy atom. The highest BCUT2D eigenvalue weighted by molar-refractivity contribution is 14.1. The number of aliphatic hydroxyl groups excluding tert-OH is 2. The molecule has 0 saturated heterocycles. The molecule has 0 saturated carbocycles. The average molecular weight is 659 g/mol. The molecule has 0 aliphatic heterocycles. The Morgan fingerprint density at radius 1 is 1.08 bits per heavy atom. The zero-order valence-corrected chi connectivity index (χ0v) is 25.7. The molecule has 0 heterocycles. The van der Waals surface area contributed by atoms with E-state index in [0.29, 0.717) is 30.9 Å². The number of halogens is 1. The van der Waals surface area contributed by atoms with E-state index in [2.05, 4.69) is 34.8 Å². The minimum atomic E-state index is -1.03. The fourth-order valence-corrected chi connectivity index (χ4v) is 5.38. The summed E-state index contributed by atoms with van der Waals surface area (Å²) >= 11 is 2.17. The van der Waals surface area contributed by atoms with Crippen LogP contribution in [0, 0.1) is 3.57 Å². The van der Waals surface area contributed by atoms with Gasteiger partial charge >= 0.3 is 0 Å². The van der Waals surface area contributed by atoms with Crippen LogP contribution in [0.25, 0.3) is 0 Å². The summed E-state index contributed by atoms with van der Waals surface area (Å²) in [5.74, 6) is 0.207. The van der Waals surface area contributed by atoms with Gasteiger partial charge in [0.25, 0.3) is 0 Å². The van der Waals surface area contributed by atoms with Gasteiger partial charge in [0.15, 0.2) is 0 Å². The molecule has 0 bridgehead atoms. The third-order valence-electron chi connectivity index (χ3n) is 7.07. The van der Waals surface area contributed by atoms with Gasteiger partial charge in [0, 0.05) is 38.6 Å². The van der Waals surface area contributed by atoms with Crippen molar-refractivity contribution in [2.75, 3.05) is 33.4 Å². The lowest BCUT2D eigenvalue weighted by Gasteiger charge is -2.40. The molecule has 1 aromatic rings. The molecule has 0 fully saturated rings. The van der Waals surface area contributed by atoms with Gasteiger partial charge < -0.3 is 29.9 Å². The summed E-state index contributed by atoms with van der Waals surface area (Å²) in [6, 6.07) is 6.83. The monoisotopic (exact) mass is 658 g/mol. The van der Waals surface area contributed by atoms with Crippen LogP contribution in [0.15, 0.2) is 35.9 Å². The first-order chi connectivity index (χ1) is 18.9. The number of nitrogens with one attached hydrogen (secondary N) is 1. The number of aliphatic hydroxyl groups is 2. The highest BCUT2D eigenvalue weighted by Crippen LogP contribution is 2.30. The van der Waals surface area contributed by atoms with E-state index in [1.54, 1.807) is 18.1 Å². The van der Waals surface area contributed by atoms with Gasteiger partial charge in [-0.15, -0.1) is 0 Å². The molecular weight excluding hydrogens is 611 g/mol. The van der Waals surface area contributed by atoms with Crippen LogP contribution in [0.2, 0.25) is 0 Å². The Balaban J connectivity index is 2.11. The Bertz CT molecular complexity index is 896. The van der Waals surface area contributed by atoms with Gasteiger partial charge in [0.05, 0.1) is 22.8 Å². The third kappa shape index (κ3) is 11.8. The van der Waals surface area contributed by atoms with Gasteiger partial charge in [-0.3, -0.25) is 9.59 Å². The predicted molar refractivity (Wildman–Crippen MR) is 162 cm³/mol. The third-order valence-corrected chi connectivity index (χ3v) is 7.96. The number of carbonyl (C=O) groups is 2. The van der Waals surface area contributed by atoms with Gasteiger partial charge in [-0.1, -0.05) is 70.4 Å². The standard InChI is InChI=1S/C30H47IN2O6/c1-3-4-5-6-7-8-9-10-11-16-28(35)33(18-20-38-2)25-21-23(30(37)32-17-19-34)22-27(29(25)36)39-26-15-13-12-14-24(26)31/h12-15,22,25,27,29,34,36H,3-11,16-21H2,1-2H3,(H,32,37). The molecule has 220 valence electrons. The summed E-state index contributed by atoms with van der Waals surface area (Å²) in [6.45, 7) is 2.81. The summed E-state index contributed by atoms with van der Waals surface area (Å²) in [4.78, 5) is 28.0. The van der Waals surface area contributed by atoms with Gasteiger partial charge in [-0.25, -0.2) is 0 Å². The summed E-state index contributed by atoms with van der Waals surface area (Å²) in [6.07, 6.45) is 10.9. The molecule has 2 rings (SSSR count). The van der Waals surface area contributed by atoms with Crippen LogP contribution in [0.3, 0.4) is 0 Å². The maximum atomic E-state index is 13.4. The molecule has 0 spiro atoms. The smallest absolute Gasteiger partial charge is 0.247 e. The second-order valence-corrected chi connectivity index (χ2v) is 11.3. The number of para-hydroxylation sites is 1. The first-order valence-corrected chi connectivity index (χ1v) is 15.5. The lowest BCUT2D eigenvalue weighted by molar-refractivity contribution is -0.139. The average Bonchev–Trinajstić information content (AvgIpc) is 2.93. The number of ether oxygens (including phenoxy) is 2. The Hall–Kier alpha value is -1.69. The van der Waals surface area contributed by atoms with Crippen molar-refractivity contribution in [3.63, 3.8) is 0 Å². The number of carbonyl (C=O) groups excluding carboxylic acids is 2. The van der Waals surface area contributed by atoms with E-state index < -0.39 is 18.2 Å². The fourth-order valence-electron chi connectivity index (χ4n) is 4.86. The van der Waals surface area contributed by atoms with Crippen molar-refractivity contribution in [3.8, 4) is 5.75 Å². The maximum absolute atomic E-state index is 13.4. The minimum absolute atomic E-state index is 0.0518. The van der Waals surface area contributed by atoms with Crippen LogP contribution in [-0.2, 0) is 14.3 Å². The predicted octanol–water partition coefficient (Wildman–Crippen LogP) is 4.60. The summed E-state index contributed by atoms with van der Waals surface area (Å²) < 4.78 is 12.3. The van der Waals surface area contributed by atoms with Crippen LogP contribution in [0.4, 0.5) is 0 Å². The molecule has 1 aliphatic carbocycles. The Morgan fingerprint density at radius 2 is 1.74 bits per heavy atom. The highest BCUT2D eigenvalue weighted by atomic mass is 127. The van der Waals surface area contributed by atoms with Crippen molar-refractivity contribution < 1.29 is 29.3 Å². The van der Waals surface area contributed by atoms with Crippen molar-refractivity contribution in [2.45, 2.75) is 95.8 Å². The van der Waals surface area contributed by atoms with Gasteiger partial charge in [-0.05, 0) is 47.2 Å². The molecule has 39 heavy (non-hydrogen) atoms. The van der Waals surface area contributed by atoms with E-state index in [4.69, 9.17) is 14.6 Å². The minimum Gasteiger partial charge on any atom is -0.482 e. The second kappa shape index (κ2) is 19.4. The van der Waals surface area contributed by atoms with Gasteiger partial charge in [0.2, 0.25) is 11.8 Å². The molecule has 8 nitrogen and oxygen atoms in total. The number of benzene rings is 1. The van der Waals surface area contributed by atoms with Crippen molar-refractivity contribution in [1.82, 2.24) is 10.2 Å². The van der Waals surface area contributed by atoms with E-state index in [0.717, 1.165) is 22.8 Å². The number of hydrogen-bond acceptors (Lipinski definition) is 6. The molecule has 1 aliphatic rings. The lowest BCUT2D eigenvalue weighted by Crippen LogP contribution is -2.55. The molecule has 3 atom stereocenters. The zero-order chi connectivity index (χ0) is 28.5. The highest BCUT2D eigenvalue weighted by Gasteiger charge is 2.40. The zero-order valence-electron chi connectivity index (χ0n) is 23.6. The first-order valence-electron chi connectivity index (χ1n) is 14.4. The SMILES string of the molecule is CCCCCCCCCCCC(=O)N(CCOC)C1CC(C(=O)NCCO)=CC(Oc2ccccc2I)C1O. The molecule has 2 amide bonds. The number of hydrogen-bond donors (Lipinski definition) is 3. The number of rotatable bonds is 19. The second-order valence-electron chi connectivity index (χ2n) is 10.1. The molecule has 1 aromatic carbocycles. The number of nitrogens with zero attached hydrogens (tertiary/aromatic N) is 1. The van der Waals surface area contributed by atoms with Crippen LogP contribution in [0.1, 0.15) is 77.6 Å². The largest absolute Gasteiger partial charge is 0.482 e. The van der Waals surface area contributed by atoms with Crippen molar-refractivity contribution in [1.29, 1.82) is 0 Å². The van der Waals surface area contributed by atoms with E-state index in [1.807, 2.05) is 24.3 Å². The molecule has 3 unspecified atom stereocenters. The van der Waals surface area contributed by atoms with E-state index in [9.17, 15) is 14.7 Å².